The van der Waals surface area contributed by atoms with Crippen LogP contribution in [0.15, 0.2) is 24.8 Å². The lowest BCUT2D eigenvalue weighted by Crippen LogP contribution is -2.06. The van der Waals surface area contributed by atoms with Crippen molar-refractivity contribution in [1.82, 2.24) is 19.3 Å². The van der Waals surface area contributed by atoms with Crippen LogP contribution in [0.3, 0.4) is 0 Å². The van der Waals surface area contributed by atoms with Gasteiger partial charge in [0.1, 0.15) is 5.69 Å². The van der Waals surface area contributed by atoms with Gasteiger partial charge in [-0.15, -0.1) is 0 Å². The van der Waals surface area contributed by atoms with Crippen molar-refractivity contribution in [3.8, 4) is 0 Å². The van der Waals surface area contributed by atoms with Crippen molar-refractivity contribution in [3.63, 3.8) is 0 Å². The average molecular weight is 244 g/mol. The predicted molar refractivity (Wildman–Crippen MR) is 66.4 cm³/mol. The third-order valence-electron chi connectivity index (χ3n) is 3.48. The minimum atomic E-state index is 0.463. The summed E-state index contributed by atoms with van der Waals surface area (Å²) in [6, 6.07) is 2.62. The average Bonchev–Trinajstić information content (AvgIpc) is 3.10. The number of carbonyl (C=O) groups is 1. The van der Waals surface area contributed by atoms with Gasteiger partial charge in [0.25, 0.3) is 0 Å². The van der Waals surface area contributed by atoms with Crippen LogP contribution in [0, 0.1) is 0 Å². The molecule has 0 N–H and O–H groups in total. The van der Waals surface area contributed by atoms with Crippen molar-refractivity contribution in [1.29, 1.82) is 0 Å². The molecule has 94 valence electrons. The molecule has 1 aliphatic rings. The number of nitrogens with zero attached hydrogens (tertiary/aromatic N) is 4. The van der Waals surface area contributed by atoms with Crippen LogP contribution in [0.1, 0.15) is 47.9 Å². The number of carbonyl (C=O) groups excluding carboxylic acids is 1. The Bertz CT molecular complexity index is 537. The summed E-state index contributed by atoms with van der Waals surface area (Å²) in [6.45, 7) is 0.667. The van der Waals surface area contributed by atoms with Gasteiger partial charge in [-0.2, -0.15) is 5.10 Å². The molecule has 1 aliphatic carbocycles. The van der Waals surface area contributed by atoms with Gasteiger partial charge < -0.3 is 4.57 Å². The second-order valence-electron chi connectivity index (χ2n) is 4.81. The van der Waals surface area contributed by atoms with Crippen LogP contribution in [-0.2, 0) is 6.54 Å². The van der Waals surface area contributed by atoms with E-state index in [1.165, 1.54) is 25.7 Å². The van der Waals surface area contributed by atoms with Crippen LogP contribution in [-0.4, -0.2) is 25.6 Å². The highest BCUT2D eigenvalue weighted by molar-refractivity contribution is 5.70. The second-order valence-corrected chi connectivity index (χ2v) is 4.81. The van der Waals surface area contributed by atoms with Gasteiger partial charge in [-0.1, -0.05) is 12.8 Å². The molecule has 2 aromatic heterocycles. The van der Waals surface area contributed by atoms with Gasteiger partial charge in [0.05, 0.1) is 24.6 Å². The van der Waals surface area contributed by atoms with Gasteiger partial charge in [0, 0.05) is 12.4 Å². The lowest BCUT2D eigenvalue weighted by molar-refractivity contribution is 0.111. The maximum Gasteiger partial charge on any atom is 0.169 e. The molecule has 2 heterocycles. The number of aromatic nitrogens is 4. The van der Waals surface area contributed by atoms with E-state index in [1.54, 1.807) is 12.5 Å². The highest BCUT2D eigenvalue weighted by Crippen LogP contribution is 2.28. The van der Waals surface area contributed by atoms with Crippen LogP contribution in [0.2, 0.25) is 0 Å². The van der Waals surface area contributed by atoms with Crippen molar-refractivity contribution in [2.24, 2.45) is 0 Å². The van der Waals surface area contributed by atoms with Crippen molar-refractivity contribution >= 4 is 6.29 Å². The molecule has 0 aromatic carbocycles. The molecular weight excluding hydrogens is 228 g/mol. The maximum atomic E-state index is 10.6. The first kappa shape index (κ1) is 11.2. The Balaban J connectivity index is 1.71. The third kappa shape index (κ3) is 2.20. The van der Waals surface area contributed by atoms with E-state index in [0.717, 1.165) is 12.0 Å². The number of hydrogen-bond donors (Lipinski definition) is 0. The smallest absolute Gasteiger partial charge is 0.169 e. The normalized spacial score (nSPS) is 16.2. The number of imidazole rings is 1. The van der Waals surface area contributed by atoms with Crippen LogP contribution in [0.25, 0.3) is 0 Å². The zero-order valence-electron chi connectivity index (χ0n) is 10.2. The molecular formula is C13H16N4O. The van der Waals surface area contributed by atoms with E-state index in [2.05, 4.69) is 21.0 Å². The van der Waals surface area contributed by atoms with Gasteiger partial charge in [-0.3, -0.25) is 9.48 Å². The molecule has 1 saturated carbocycles. The molecule has 2 aromatic rings. The van der Waals surface area contributed by atoms with E-state index in [0.29, 0.717) is 18.3 Å². The molecule has 5 nitrogen and oxygen atoms in total. The molecule has 0 aliphatic heterocycles. The van der Waals surface area contributed by atoms with E-state index in [-0.39, 0.29) is 0 Å². The highest BCUT2D eigenvalue weighted by Gasteiger charge is 2.17. The maximum absolute atomic E-state index is 10.6. The summed E-state index contributed by atoms with van der Waals surface area (Å²) in [7, 11) is 0. The summed E-state index contributed by atoms with van der Waals surface area (Å²) >= 11 is 0. The standard InChI is InChI=1S/C13H16N4O/c18-9-12-8-16(10-14-12)7-11-5-6-17(15-11)13-3-1-2-4-13/h5-6,8-10,13H,1-4,7H2. The van der Waals surface area contributed by atoms with Crippen molar-refractivity contribution in [2.45, 2.75) is 38.3 Å². The Morgan fingerprint density at radius 3 is 2.94 bits per heavy atom. The Hall–Kier alpha value is -1.91. The predicted octanol–water partition coefficient (Wildman–Crippen LogP) is 2.06. The van der Waals surface area contributed by atoms with E-state index in [9.17, 15) is 4.79 Å². The molecule has 0 saturated heterocycles. The fourth-order valence-electron chi connectivity index (χ4n) is 2.55. The summed E-state index contributed by atoms with van der Waals surface area (Å²) < 4.78 is 3.96. The Morgan fingerprint density at radius 1 is 1.39 bits per heavy atom. The first-order chi connectivity index (χ1) is 8.85. The first-order valence-electron chi connectivity index (χ1n) is 6.36. The Kier molecular flexibility index (Phi) is 2.96. The SMILES string of the molecule is O=Cc1cn(Cc2ccn(C3CCCC3)n2)cn1. The van der Waals surface area contributed by atoms with Crippen molar-refractivity contribution < 1.29 is 4.79 Å². The zero-order valence-corrected chi connectivity index (χ0v) is 10.2. The van der Waals surface area contributed by atoms with Gasteiger partial charge in [-0.05, 0) is 18.9 Å². The summed E-state index contributed by atoms with van der Waals surface area (Å²) in [5, 5.41) is 4.60. The number of aldehydes is 1. The summed E-state index contributed by atoms with van der Waals surface area (Å²) in [5.41, 5.74) is 1.47. The van der Waals surface area contributed by atoms with Crippen molar-refractivity contribution in [2.75, 3.05) is 0 Å². The van der Waals surface area contributed by atoms with Crippen LogP contribution in [0.5, 0.6) is 0 Å². The molecule has 5 heteroatoms. The van der Waals surface area contributed by atoms with Gasteiger partial charge in [-0.25, -0.2) is 4.98 Å². The van der Waals surface area contributed by atoms with Crippen molar-refractivity contribution in [3.05, 3.63) is 36.2 Å². The summed E-state index contributed by atoms with van der Waals surface area (Å²) in [6.07, 6.45) is 11.3. The summed E-state index contributed by atoms with van der Waals surface area (Å²) in [5.74, 6) is 0. The number of hydrogen-bond acceptors (Lipinski definition) is 3. The fraction of sp³-hybridized carbons (Fsp3) is 0.462. The Labute approximate surface area is 105 Å². The molecule has 0 atom stereocenters. The second kappa shape index (κ2) is 4.76. The zero-order chi connectivity index (χ0) is 12.4. The van der Waals surface area contributed by atoms with E-state index in [1.807, 2.05) is 10.6 Å². The molecule has 0 radical (unpaired) electrons. The largest absolute Gasteiger partial charge is 0.331 e. The summed E-state index contributed by atoms with van der Waals surface area (Å²) in [4.78, 5) is 14.5. The van der Waals surface area contributed by atoms with E-state index < -0.39 is 0 Å². The molecule has 3 rings (SSSR count). The highest BCUT2D eigenvalue weighted by atomic mass is 16.1. The lowest BCUT2D eigenvalue weighted by atomic mass is 10.3. The van der Waals surface area contributed by atoms with Crippen LogP contribution in [0.4, 0.5) is 0 Å². The lowest BCUT2D eigenvalue weighted by Gasteiger charge is -2.08. The molecule has 0 unspecified atom stereocenters. The molecule has 0 amide bonds. The van der Waals surface area contributed by atoms with Gasteiger partial charge in [0.15, 0.2) is 6.29 Å². The quantitative estimate of drug-likeness (QED) is 0.773. The molecule has 18 heavy (non-hydrogen) atoms. The molecule has 0 bridgehead atoms. The topological polar surface area (TPSA) is 52.7 Å². The number of rotatable bonds is 4. The third-order valence-corrected chi connectivity index (χ3v) is 3.48. The monoisotopic (exact) mass is 244 g/mol. The van der Waals surface area contributed by atoms with E-state index >= 15 is 0 Å². The Morgan fingerprint density at radius 2 is 2.22 bits per heavy atom. The molecule has 1 fully saturated rings. The minimum Gasteiger partial charge on any atom is -0.331 e. The molecule has 0 spiro atoms. The van der Waals surface area contributed by atoms with Crippen LogP contribution >= 0.6 is 0 Å². The van der Waals surface area contributed by atoms with Crippen LogP contribution < -0.4 is 0 Å². The van der Waals surface area contributed by atoms with Gasteiger partial charge >= 0.3 is 0 Å². The van der Waals surface area contributed by atoms with E-state index in [4.69, 9.17) is 0 Å². The first-order valence-corrected chi connectivity index (χ1v) is 6.36. The minimum absolute atomic E-state index is 0.463. The fourth-order valence-corrected chi connectivity index (χ4v) is 2.55. The van der Waals surface area contributed by atoms with Gasteiger partial charge in [0.2, 0.25) is 0 Å².